The lowest BCUT2D eigenvalue weighted by atomic mass is 9.81. The van der Waals surface area contributed by atoms with Gasteiger partial charge in [-0.25, -0.2) is 0 Å². The number of para-hydroxylation sites is 1. The van der Waals surface area contributed by atoms with Crippen LogP contribution in [0.3, 0.4) is 0 Å². The average molecular weight is 341 g/mol. The van der Waals surface area contributed by atoms with E-state index in [-0.39, 0.29) is 18.3 Å². The van der Waals surface area contributed by atoms with Crippen molar-refractivity contribution in [1.29, 1.82) is 0 Å². The largest absolute Gasteiger partial charge is 0.496 e. The van der Waals surface area contributed by atoms with Gasteiger partial charge in [0.1, 0.15) is 5.75 Å². The van der Waals surface area contributed by atoms with Crippen molar-refractivity contribution < 1.29 is 9.53 Å². The van der Waals surface area contributed by atoms with Crippen molar-refractivity contribution in [3.63, 3.8) is 0 Å². The van der Waals surface area contributed by atoms with Crippen molar-refractivity contribution in [3.05, 3.63) is 29.8 Å². The topological polar surface area (TPSA) is 55.6 Å². The summed E-state index contributed by atoms with van der Waals surface area (Å²) in [5.41, 5.74) is 6.73. The van der Waals surface area contributed by atoms with Crippen LogP contribution in [0.1, 0.15) is 44.6 Å². The highest BCUT2D eigenvalue weighted by molar-refractivity contribution is 5.85. The maximum Gasteiger partial charge on any atom is 0.230 e. The van der Waals surface area contributed by atoms with Crippen LogP contribution in [0.4, 0.5) is 0 Å². The number of hydrogen-bond acceptors (Lipinski definition) is 3. The number of hydrogen-bond donors (Lipinski definition) is 1. The van der Waals surface area contributed by atoms with E-state index in [1.807, 2.05) is 23.1 Å². The second-order valence-corrected chi connectivity index (χ2v) is 6.17. The van der Waals surface area contributed by atoms with Crippen LogP contribution in [0.5, 0.6) is 5.75 Å². The Morgan fingerprint density at radius 2 is 2.00 bits per heavy atom. The van der Waals surface area contributed by atoms with Gasteiger partial charge in [0, 0.05) is 25.6 Å². The SMILES string of the molecule is CCC(CC)(CN)C(=O)N1CCC(c2ccccc2OC)C1.Cl. The third-order valence-corrected chi connectivity index (χ3v) is 5.25. The third-order valence-electron chi connectivity index (χ3n) is 5.25. The molecular weight excluding hydrogens is 312 g/mol. The zero-order chi connectivity index (χ0) is 16.2. The Hall–Kier alpha value is -1.26. The molecule has 1 aliphatic heterocycles. The molecule has 0 saturated carbocycles. The number of amides is 1. The predicted molar refractivity (Wildman–Crippen MR) is 96.2 cm³/mol. The molecule has 0 radical (unpaired) electrons. The molecule has 2 rings (SSSR count). The van der Waals surface area contributed by atoms with E-state index in [1.165, 1.54) is 5.56 Å². The summed E-state index contributed by atoms with van der Waals surface area (Å²) in [6, 6.07) is 8.10. The zero-order valence-corrected chi connectivity index (χ0v) is 15.2. The van der Waals surface area contributed by atoms with E-state index < -0.39 is 5.41 Å². The molecule has 1 unspecified atom stereocenters. The summed E-state index contributed by atoms with van der Waals surface area (Å²) in [5.74, 6) is 1.49. The van der Waals surface area contributed by atoms with Gasteiger partial charge in [-0.1, -0.05) is 32.0 Å². The Labute approximate surface area is 145 Å². The molecule has 1 aromatic carbocycles. The molecule has 2 N–H and O–H groups in total. The summed E-state index contributed by atoms with van der Waals surface area (Å²) >= 11 is 0. The first-order chi connectivity index (χ1) is 10.6. The molecule has 0 bridgehead atoms. The number of benzene rings is 1. The Kier molecular flexibility index (Phi) is 7.36. The van der Waals surface area contributed by atoms with E-state index in [2.05, 4.69) is 19.9 Å². The van der Waals surface area contributed by atoms with Gasteiger partial charge in [-0.05, 0) is 30.9 Å². The average Bonchev–Trinajstić information content (AvgIpc) is 3.06. The molecule has 0 aliphatic carbocycles. The van der Waals surface area contributed by atoms with Gasteiger partial charge in [0.05, 0.1) is 12.5 Å². The second kappa shape index (κ2) is 8.55. The first-order valence-electron chi connectivity index (χ1n) is 8.24. The van der Waals surface area contributed by atoms with Gasteiger partial charge < -0.3 is 15.4 Å². The van der Waals surface area contributed by atoms with Crippen LogP contribution in [0.2, 0.25) is 0 Å². The summed E-state index contributed by atoms with van der Waals surface area (Å²) in [7, 11) is 1.70. The summed E-state index contributed by atoms with van der Waals surface area (Å²) < 4.78 is 5.46. The highest BCUT2D eigenvalue weighted by Crippen LogP contribution is 2.36. The highest BCUT2D eigenvalue weighted by atomic mass is 35.5. The van der Waals surface area contributed by atoms with Gasteiger partial charge in [-0.15, -0.1) is 12.4 Å². The number of nitrogens with zero attached hydrogens (tertiary/aromatic N) is 1. The summed E-state index contributed by atoms with van der Waals surface area (Å²) in [6.07, 6.45) is 2.59. The Morgan fingerprint density at radius 3 is 2.57 bits per heavy atom. The van der Waals surface area contributed by atoms with E-state index in [0.717, 1.165) is 38.1 Å². The van der Waals surface area contributed by atoms with Crippen LogP contribution in [-0.2, 0) is 4.79 Å². The third kappa shape index (κ3) is 3.81. The number of carbonyl (C=O) groups is 1. The van der Waals surface area contributed by atoms with Crippen molar-refractivity contribution in [1.82, 2.24) is 4.90 Å². The van der Waals surface area contributed by atoms with E-state index in [0.29, 0.717) is 12.5 Å². The number of carbonyl (C=O) groups excluding carboxylic acids is 1. The monoisotopic (exact) mass is 340 g/mol. The van der Waals surface area contributed by atoms with Crippen LogP contribution in [0.25, 0.3) is 0 Å². The van der Waals surface area contributed by atoms with Crippen molar-refractivity contribution >= 4 is 18.3 Å². The van der Waals surface area contributed by atoms with Crippen LogP contribution in [0.15, 0.2) is 24.3 Å². The lowest BCUT2D eigenvalue weighted by Crippen LogP contribution is -2.46. The molecular formula is C18H29ClN2O2. The van der Waals surface area contributed by atoms with Crippen LogP contribution >= 0.6 is 12.4 Å². The molecule has 5 heteroatoms. The van der Waals surface area contributed by atoms with Crippen molar-refractivity contribution in [2.45, 2.75) is 39.0 Å². The first kappa shape index (κ1) is 19.8. The summed E-state index contributed by atoms with van der Waals surface area (Å²) in [6.45, 7) is 6.11. The Morgan fingerprint density at radius 1 is 1.35 bits per heavy atom. The number of rotatable bonds is 6. The molecule has 1 heterocycles. The molecule has 1 aliphatic rings. The minimum atomic E-state index is -0.393. The first-order valence-corrected chi connectivity index (χ1v) is 8.24. The summed E-state index contributed by atoms with van der Waals surface area (Å²) in [5, 5.41) is 0. The Bertz CT molecular complexity index is 509. The molecule has 130 valence electrons. The van der Waals surface area contributed by atoms with Crippen LogP contribution < -0.4 is 10.5 Å². The number of halogens is 1. The lowest BCUT2D eigenvalue weighted by Gasteiger charge is -2.33. The zero-order valence-electron chi connectivity index (χ0n) is 14.4. The second-order valence-electron chi connectivity index (χ2n) is 6.17. The molecule has 1 saturated heterocycles. The summed E-state index contributed by atoms with van der Waals surface area (Å²) in [4.78, 5) is 14.9. The van der Waals surface area contributed by atoms with Gasteiger partial charge >= 0.3 is 0 Å². The number of ether oxygens (including phenoxy) is 1. The highest BCUT2D eigenvalue weighted by Gasteiger charge is 2.40. The van der Waals surface area contributed by atoms with Crippen LogP contribution in [-0.4, -0.2) is 37.6 Å². The lowest BCUT2D eigenvalue weighted by molar-refractivity contribution is -0.141. The smallest absolute Gasteiger partial charge is 0.230 e. The molecule has 1 fully saturated rings. The quantitative estimate of drug-likeness (QED) is 0.865. The van der Waals surface area contributed by atoms with E-state index in [1.54, 1.807) is 7.11 Å². The van der Waals surface area contributed by atoms with Crippen molar-refractivity contribution in [2.24, 2.45) is 11.1 Å². The molecule has 4 nitrogen and oxygen atoms in total. The molecule has 1 aromatic rings. The standard InChI is InChI=1S/C18H28N2O2.ClH/c1-4-18(5-2,13-19)17(21)20-11-10-14(12-20)15-8-6-7-9-16(15)22-3;/h6-9,14H,4-5,10-13,19H2,1-3H3;1H. The molecule has 0 spiro atoms. The van der Waals surface area contributed by atoms with E-state index >= 15 is 0 Å². The van der Waals surface area contributed by atoms with Gasteiger partial charge in [0.15, 0.2) is 0 Å². The molecule has 1 atom stereocenters. The predicted octanol–water partition coefficient (Wildman–Crippen LogP) is 3.20. The fraction of sp³-hybridized carbons (Fsp3) is 0.611. The van der Waals surface area contributed by atoms with E-state index in [4.69, 9.17) is 10.5 Å². The van der Waals surface area contributed by atoms with Gasteiger partial charge in [0.2, 0.25) is 5.91 Å². The number of nitrogens with two attached hydrogens (primary N) is 1. The van der Waals surface area contributed by atoms with Gasteiger partial charge in [-0.2, -0.15) is 0 Å². The van der Waals surface area contributed by atoms with Crippen molar-refractivity contribution in [2.75, 3.05) is 26.7 Å². The molecule has 1 amide bonds. The minimum Gasteiger partial charge on any atom is -0.496 e. The maximum atomic E-state index is 12.9. The van der Waals surface area contributed by atoms with E-state index in [9.17, 15) is 4.79 Å². The number of likely N-dealkylation sites (tertiary alicyclic amines) is 1. The van der Waals surface area contributed by atoms with Crippen LogP contribution in [0, 0.1) is 5.41 Å². The fourth-order valence-corrected chi connectivity index (χ4v) is 3.47. The van der Waals surface area contributed by atoms with Crippen molar-refractivity contribution in [3.8, 4) is 5.75 Å². The van der Waals surface area contributed by atoms with Gasteiger partial charge in [-0.3, -0.25) is 4.79 Å². The van der Waals surface area contributed by atoms with Gasteiger partial charge in [0.25, 0.3) is 0 Å². The molecule has 23 heavy (non-hydrogen) atoms. The maximum absolute atomic E-state index is 12.9. The fourth-order valence-electron chi connectivity index (χ4n) is 3.47. The number of methoxy groups -OCH3 is 1. The normalized spacial score (nSPS) is 17.7. The molecule has 0 aromatic heterocycles. The minimum absolute atomic E-state index is 0. The Balaban J connectivity index is 0.00000264.